The fourth-order valence-corrected chi connectivity index (χ4v) is 3.34. The van der Waals surface area contributed by atoms with E-state index in [0.717, 1.165) is 29.1 Å². The number of hydrogen-bond acceptors (Lipinski definition) is 5. The second-order valence-electron chi connectivity index (χ2n) is 4.46. The van der Waals surface area contributed by atoms with Crippen LogP contribution in [0.25, 0.3) is 10.2 Å². The Morgan fingerprint density at radius 1 is 1.50 bits per heavy atom. The van der Waals surface area contributed by atoms with Gasteiger partial charge in [0.1, 0.15) is 12.1 Å². The molecule has 0 aliphatic carbocycles. The summed E-state index contributed by atoms with van der Waals surface area (Å²) < 4.78 is 6.91. The number of ether oxygens (including phenoxy) is 1. The third kappa shape index (κ3) is 2.18. The molecular formula is C12H14ClN3OS. The van der Waals surface area contributed by atoms with Crippen molar-refractivity contribution in [3.05, 3.63) is 17.8 Å². The average Bonchev–Trinajstić information content (AvgIpc) is 2.85. The molecule has 1 aliphatic rings. The lowest BCUT2D eigenvalue weighted by molar-refractivity contribution is -0.00347. The van der Waals surface area contributed by atoms with Crippen LogP contribution in [-0.4, -0.2) is 41.1 Å². The fraction of sp³-hybridized carbons (Fsp3) is 0.500. The molecule has 0 spiro atoms. The number of morpholine rings is 1. The maximum atomic E-state index is 5.91. The SMILES string of the molecule is CC1CN(c2ncnc3ccsc23)CC(CCl)O1. The molecule has 0 amide bonds. The maximum absolute atomic E-state index is 5.91. The molecule has 3 heterocycles. The quantitative estimate of drug-likeness (QED) is 0.794. The van der Waals surface area contributed by atoms with Crippen LogP contribution in [0, 0.1) is 0 Å². The average molecular weight is 284 g/mol. The zero-order valence-corrected chi connectivity index (χ0v) is 11.6. The Hall–Kier alpha value is -0.910. The van der Waals surface area contributed by atoms with Crippen molar-refractivity contribution < 1.29 is 4.74 Å². The highest BCUT2D eigenvalue weighted by molar-refractivity contribution is 7.17. The second-order valence-corrected chi connectivity index (χ2v) is 5.68. The monoisotopic (exact) mass is 283 g/mol. The predicted octanol–water partition coefficient (Wildman–Crippen LogP) is 2.52. The molecule has 2 aromatic heterocycles. The molecule has 4 nitrogen and oxygen atoms in total. The molecule has 2 aromatic rings. The summed E-state index contributed by atoms with van der Waals surface area (Å²) in [5.41, 5.74) is 1.01. The molecule has 2 unspecified atom stereocenters. The summed E-state index contributed by atoms with van der Waals surface area (Å²) in [4.78, 5) is 11.0. The van der Waals surface area contributed by atoms with Crippen molar-refractivity contribution >= 4 is 39.0 Å². The van der Waals surface area contributed by atoms with Crippen LogP contribution in [0.5, 0.6) is 0 Å². The molecule has 0 aromatic carbocycles. The van der Waals surface area contributed by atoms with Gasteiger partial charge in [0.15, 0.2) is 0 Å². The Balaban J connectivity index is 1.96. The van der Waals surface area contributed by atoms with Crippen molar-refractivity contribution in [1.82, 2.24) is 9.97 Å². The highest BCUT2D eigenvalue weighted by Crippen LogP contribution is 2.29. The lowest BCUT2D eigenvalue weighted by atomic mass is 10.2. The first kappa shape index (κ1) is 12.1. The van der Waals surface area contributed by atoms with Crippen molar-refractivity contribution in [2.45, 2.75) is 19.1 Å². The van der Waals surface area contributed by atoms with Gasteiger partial charge in [0.05, 0.1) is 28.3 Å². The largest absolute Gasteiger partial charge is 0.370 e. The molecule has 18 heavy (non-hydrogen) atoms. The van der Waals surface area contributed by atoms with Crippen molar-refractivity contribution in [3.63, 3.8) is 0 Å². The molecule has 0 N–H and O–H groups in total. The maximum Gasteiger partial charge on any atom is 0.150 e. The summed E-state index contributed by atoms with van der Waals surface area (Å²) in [6.45, 7) is 3.70. The van der Waals surface area contributed by atoms with Gasteiger partial charge in [0, 0.05) is 13.1 Å². The Morgan fingerprint density at radius 2 is 2.39 bits per heavy atom. The van der Waals surface area contributed by atoms with Crippen LogP contribution >= 0.6 is 22.9 Å². The van der Waals surface area contributed by atoms with Crippen LogP contribution in [0.15, 0.2) is 17.8 Å². The molecule has 0 bridgehead atoms. The number of hydrogen-bond donors (Lipinski definition) is 0. The molecule has 1 saturated heterocycles. The third-order valence-electron chi connectivity index (χ3n) is 3.02. The van der Waals surface area contributed by atoms with Crippen molar-refractivity contribution in [2.75, 3.05) is 23.9 Å². The minimum atomic E-state index is 0.0698. The lowest BCUT2D eigenvalue weighted by Gasteiger charge is -2.36. The highest BCUT2D eigenvalue weighted by atomic mass is 35.5. The molecule has 3 rings (SSSR count). The fourth-order valence-electron chi connectivity index (χ4n) is 2.30. The van der Waals surface area contributed by atoms with E-state index >= 15 is 0 Å². The summed E-state index contributed by atoms with van der Waals surface area (Å²) in [7, 11) is 0. The number of rotatable bonds is 2. The first-order valence-corrected chi connectivity index (χ1v) is 7.34. The first-order valence-electron chi connectivity index (χ1n) is 5.92. The zero-order chi connectivity index (χ0) is 12.5. The van der Waals surface area contributed by atoms with E-state index in [1.165, 1.54) is 0 Å². The van der Waals surface area contributed by atoms with E-state index < -0.39 is 0 Å². The van der Waals surface area contributed by atoms with Gasteiger partial charge in [0.2, 0.25) is 0 Å². The molecular weight excluding hydrogens is 270 g/mol. The van der Waals surface area contributed by atoms with Gasteiger partial charge in [-0.1, -0.05) is 0 Å². The Bertz CT molecular complexity index is 547. The summed E-state index contributed by atoms with van der Waals surface area (Å²) in [6, 6.07) is 2.02. The van der Waals surface area contributed by atoms with Crippen molar-refractivity contribution in [3.8, 4) is 0 Å². The van der Waals surface area contributed by atoms with Gasteiger partial charge in [-0.3, -0.25) is 0 Å². The Kier molecular flexibility index (Phi) is 3.37. The van der Waals surface area contributed by atoms with Gasteiger partial charge in [-0.25, -0.2) is 9.97 Å². The molecule has 1 aliphatic heterocycles. The number of fused-ring (bicyclic) bond motifs is 1. The van der Waals surface area contributed by atoms with E-state index in [2.05, 4.69) is 21.8 Å². The normalized spacial score (nSPS) is 24.7. The van der Waals surface area contributed by atoms with Crippen molar-refractivity contribution in [1.29, 1.82) is 0 Å². The van der Waals surface area contributed by atoms with Gasteiger partial charge >= 0.3 is 0 Å². The number of nitrogens with zero attached hydrogens (tertiary/aromatic N) is 3. The zero-order valence-electron chi connectivity index (χ0n) is 10.0. The smallest absolute Gasteiger partial charge is 0.150 e. The van der Waals surface area contributed by atoms with Gasteiger partial charge in [0.25, 0.3) is 0 Å². The van der Waals surface area contributed by atoms with Crippen LogP contribution in [0.2, 0.25) is 0 Å². The van der Waals surface area contributed by atoms with E-state index in [1.807, 2.05) is 11.4 Å². The van der Waals surface area contributed by atoms with E-state index in [-0.39, 0.29) is 12.2 Å². The van der Waals surface area contributed by atoms with Crippen LogP contribution in [0.4, 0.5) is 5.82 Å². The number of anilines is 1. The van der Waals surface area contributed by atoms with E-state index in [0.29, 0.717) is 5.88 Å². The minimum absolute atomic E-state index is 0.0698. The number of aromatic nitrogens is 2. The highest BCUT2D eigenvalue weighted by Gasteiger charge is 2.26. The summed E-state index contributed by atoms with van der Waals surface area (Å²) in [5.74, 6) is 1.51. The van der Waals surface area contributed by atoms with Gasteiger partial charge in [-0.2, -0.15) is 0 Å². The topological polar surface area (TPSA) is 38.2 Å². The van der Waals surface area contributed by atoms with Crippen molar-refractivity contribution in [2.24, 2.45) is 0 Å². The third-order valence-corrected chi connectivity index (χ3v) is 4.27. The summed E-state index contributed by atoms with van der Waals surface area (Å²) in [5, 5.41) is 2.05. The molecule has 1 fully saturated rings. The van der Waals surface area contributed by atoms with Crippen LogP contribution < -0.4 is 4.90 Å². The Morgan fingerprint density at radius 3 is 3.22 bits per heavy atom. The lowest BCUT2D eigenvalue weighted by Crippen LogP contribution is -2.47. The number of thiophene rings is 1. The number of alkyl halides is 1. The number of halogens is 1. The van der Waals surface area contributed by atoms with Gasteiger partial charge in [-0.15, -0.1) is 22.9 Å². The summed E-state index contributed by atoms with van der Waals surface area (Å²) >= 11 is 7.59. The molecule has 2 atom stereocenters. The van der Waals surface area contributed by atoms with Crippen LogP contribution in [0.1, 0.15) is 6.92 Å². The van der Waals surface area contributed by atoms with Crippen LogP contribution in [0.3, 0.4) is 0 Å². The standard InChI is InChI=1S/C12H14ClN3OS/c1-8-5-16(6-9(4-13)17-8)12-11-10(2-3-18-11)14-7-15-12/h2-3,7-9H,4-6H2,1H3. The van der Waals surface area contributed by atoms with E-state index in [4.69, 9.17) is 16.3 Å². The first-order chi connectivity index (χ1) is 8.78. The molecule has 0 saturated carbocycles. The van der Waals surface area contributed by atoms with E-state index in [9.17, 15) is 0 Å². The minimum Gasteiger partial charge on any atom is -0.370 e. The summed E-state index contributed by atoms with van der Waals surface area (Å²) in [6.07, 6.45) is 1.87. The second kappa shape index (κ2) is 4.99. The molecule has 0 radical (unpaired) electrons. The predicted molar refractivity (Wildman–Crippen MR) is 74.7 cm³/mol. The molecule has 96 valence electrons. The van der Waals surface area contributed by atoms with E-state index in [1.54, 1.807) is 17.7 Å². The van der Waals surface area contributed by atoms with Gasteiger partial charge < -0.3 is 9.64 Å². The molecule has 6 heteroatoms. The Labute approximate surface area is 115 Å². The van der Waals surface area contributed by atoms with Gasteiger partial charge in [-0.05, 0) is 18.4 Å². The van der Waals surface area contributed by atoms with Crippen LogP contribution in [-0.2, 0) is 4.74 Å².